The second kappa shape index (κ2) is 4.78. The van der Waals surface area contributed by atoms with Crippen LogP contribution in [0.5, 0.6) is 0 Å². The molecule has 0 bridgehead atoms. The third kappa shape index (κ3) is 3.06. The van der Waals surface area contributed by atoms with E-state index in [0.29, 0.717) is 4.77 Å². The molecule has 0 saturated heterocycles. The molecule has 1 aromatic rings. The van der Waals surface area contributed by atoms with Gasteiger partial charge in [0.1, 0.15) is 0 Å². The second-order valence-electron chi connectivity index (χ2n) is 1.09. The van der Waals surface area contributed by atoms with E-state index >= 15 is 0 Å². The molecule has 1 rings (SSSR count). The van der Waals surface area contributed by atoms with Crippen molar-refractivity contribution in [2.75, 3.05) is 0 Å². The smallest absolute Gasteiger partial charge is 1.00 e. The zero-order valence-corrected chi connectivity index (χ0v) is 8.53. The van der Waals surface area contributed by atoms with E-state index in [1.807, 2.05) is 0 Å². The maximum absolute atomic E-state index is 4.65. The van der Waals surface area contributed by atoms with Crippen LogP contribution >= 0.6 is 12.2 Å². The summed E-state index contributed by atoms with van der Waals surface area (Å²) in [4.78, 5) is 6.47. The van der Waals surface area contributed by atoms with Crippen molar-refractivity contribution in [2.45, 2.75) is 0 Å². The predicted octanol–water partition coefficient (Wildman–Crippen LogP) is -1.74. The van der Waals surface area contributed by atoms with Crippen LogP contribution in [-0.4, -0.2) is 9.97 Å². The van der Waals surface area contributed by atoms with Gasteiger partial charge in [0.15, 0.2) is 4.77 Å². The summed E-state index contributed by atoms with van der Waals surface area (Å²) in [7, 11) is 0. The Morgan fingerprint density at radius 1 is 1.75 bits per heavy atom. The molecule has 0 aliphatic rings. The standard InChI is InChI=1S/C4H4N2S.K.H/c7-4-5-2-1-3-6-4;;/h1-3H,(H,5,6,7);;/q;+1;-1. The van der Waals surface area contributed by atoms with Crippen LogP contribution in [-0.2, 0) is 0 Å². The molecular weight excluding hydrogens is 147 g/mol. The van der Waals surface area contributed by atoms with Crippen molar-refractivity contribution < 1.29 is 52.8 Å². The van der Waals surface area contributed by atoms with Crippen molar-refractivity contribution in [1.29, 1.82) is 0 Å². The summed E-state index contributed by atoms with van der Waals surface area (Å²) in [5, 5.41) is 0. The normalized spacial score (nSPS) is 7.50. The molecule has 0 aliphatic heterocycles. The number of aromatic nitrogens is 2. The molecule has 0 amide bonds. The maximum Gasteiger partial charge on any atom is 1.00 e. The topological polar surface area (TPSA) is 28.7 Å². The number of nitrogens with zero attached hydrogens (tertiary/aromatic N) is 1. The molecule has 0 aromatic carbocycles. The minimum absolute atomic E-state index is 0. The van der Waals surface area contributed by atoms with Crippen molar-refractivity contribution in [1.82, 2.24) is 9.97 Å². The number of hydrogen-bond donors (Lipinski definition) is 1. The number of aromatic amines is 1. The SMILES string of the molecule is S=c1nccc[nH]1.[H-].[K+]. The summed E-state index contributed by atoms with van der Waals surface area (Å²) in [6.07, 6.45) is 3.40. The van der Waals surface area contributed by atoms with Gasteiger partial charge in [0.25, 0.3) is 0 Å². The van der Waals surface area contributed by atoms with Gasteiger partial charge in [0.05, 0.1) is 0 Å². The average Bonchev–Trinajstić information content (AvgIpc) is 1.69. The second-order valence-corrected chi connectivity index (χ2v) is 1.47. The Morgan fingerprint density at radius 2 is 2.50 bits per heavy atom. The van der Waals surface area contributed by atoms with Crippen molar-refractivity contribution in [3.63, 3.8) is 0 Å². The van der Waals surface area contributed by atoms with Crippen molar-refractivity contribution in [3.8, 4) is 0 Å². The number of rotatable bonds is 0. The molecule has 38 valence electrons. The minimum Gasteiger partial charge on any atom is -1.00 e. The first kappa shape index (κ1) is 8.94. The third-order valence-electron chi connectivity index (χ3n) is 0.581. The van der Waals surface area contributed by atoms with E-state index in [9.17, 15) is 0 Å². The molecule has 1 aromatic heterocycles. The van der Waals surface area contributed by atoms with Gasteiger partial charge in [-0.05, 0) is 18.3 Å². The van der Waals surface area contributed by atoms with Gasteiger partial charge in [0, 0.05) is 12.4 Å². The molecule has 2 nitrogen and oxygen atoms in total. The van der Waals surface area contributed by atoms with Crippen LogP contribution in [0.2, 0.25) is 0 Å². The molecule has 0 unspecified atom stereocenters. The Balaban J connectivity index is 0. The summed E-state index contributed by atoms with van der Waals surface area (Å²) in [5.74, 6) is 0. The maximum atomic E-state index is 4.65. The van der Waals surface area contributed by atoms with Crippen LogP contribution in [0.25, 0.3) is 0 Å². The first-order chi connectivity index (χ1) is 3.39. The van der Waals surface area contributed by atoms with Crippen molar-refractivity contribution in [2.24, 2.45) is 0 Å². The molecule has 0 atom stereocenters. The largest absolute Gasteiger partial charge is 1.00 e. The van der Waals surface area contributed by atoms with Crippen LogP contribution < -0.4 is 51.4 Å². The van der Waals surface area contributed by atoms with Crippen LogP contribution in [0.3, 0.4) is 0 Å². The fourth-order valence-electron chi connectivity index (χ4n) is 0.310. The molecular formula is C4H5KN2S. The van der Waals surface area contributed by atoms with Gasteiger partial charge in [-0.25, -0.2) is 4.98 Å². The fourth-order valence-corrected chi connectivity index (χ4v) is 0.439. The summed E-state index contributed by atoms with van der Waals surface area (Å²) >= 11 is 4.65. The fraction of sp³-hybridized carbons (Fsp3) is 0. The van der Waals surface area contributed by atoms with E-state index in [0.717, 1.165) is 0 Å². The van der Waals surface area contributed by atoms with Crippen LogP contribution in [0.15, 0.2) is 18.5 Å². The van der Waals surface area contributed by atoms with E-state index in [2.05, 4.69) is 22.2 Å². The van der Waals surface area contributed by atoms with Gasteiger partial charge < -0.3 is 6.41 Å². The summed E-state index contributed by atoms with van der Waals surface area (Å²) < 4.78 is 0.530. The van der Waals surface area contributed by atoms with E-state index in [1.165, 1.54) is 0 Å². The molecule has 0 radical (unpaired) electrons. The zero-order chi connectivity index (χ0) is 5.11. The molecule has 4 heteroatoms. The first-order valence-corrected chi connectivity index (χ1v) is 2.30. The Morgan fingerprint density at radius 3 is 2.75 bits per heavy atom. The van der Waals surface area contributed by atoms with Crippen LogP contribution in [0.1, 0.15) is 1.43 Å². The average molecular weight is 152 g/mol. The quantitative estimate of drug-likeness (QED) is 0.353. The molecule has 8 heavy (non-hydrogen) atoms. The molecule has 1 heterocycles. The molecule has 1 N–H and O–H groups in total. The van der Waals surface area contributed by atoms with E-state index in [-0.39, 0.29) is 52.8 Å². The van der Waals surface area contributed by atoms with E-state index < -0.39 is 0 Å². The zero-order valence-electron chi connectivity index (χ0n) is 5.59. The van der Waals surface area contributed by atoms with Gasteiger partial charge in [-0.15, -0.1) is 0 Å². The Kier molecular flexibility index (Phi) is 5.34. The summed E-state index contributed by atoms with van der Waals surface area (Å²) in [6, 6.07) is 1.79. The molecule has 0 saturated carbocycles. The molecule has 0 fully saturated rings. The van der Waals surface area contributed by atoms with Gasteiger partial charge in [-0.1, -0.05) is 0 Å². The van der Waals surface area contributed by atoms with Gasteiger partial charge >= 0.3 is 51.4 Å². The van der Waals surface area contributed by atoms with Crippen LogP contribution in [0.4, 0.5) is 0 Å². The van der Waals surface area contributed by atoms with Gasteiger partial charge in [-0.2, -0.15) is 0 Å². The van der Waals surface area contributed by atoms with Crippen LogP contribution in [0, 0.1) is 4.77 Å². The third-order valence-corrected chi connectivity index (χ3v) is 0.804. The molecule has 0 spiro atoms. The monoisotopic (exact) mass is 152 g/mol. The van der Waals surface area contributed by atoms with E-state index in [4.69, 9.17) is 0 Å². The summed E-state index contributed by atoms with van der Waals surface area (Å²) in [6.45, 7) is 0. The van der Waals surface area contributed by atoms with E-state index in [1.54, 1.807) is 18.5 Å². The number of H-pyrrole nitrogens is 1. The Bertz CT molecular complexity index is 184. The van der Waals surface area contributed by atoms with Gasteiger partial charge in [-0.3, -0.25) is 0 Å². The molecule has 0 aliphatic carbocycles. The number of hydrogen-bond acceptors (Lipinski definition) is 2. The van der Waals surface area contributed by atoms with Crippen molar-refractivity contribution in [3.05, 3.63) is 23.2 Å². The summed E-state index contributed by atoms with van der Waals surface area (Å²) in [5.41, 5.74) is 0. The Labute approximate surface area is 96.6 Å². The number of nitrogens with one attached hydrogen (secondary N) is 1. The first-order valence-electron chi connectivity index (χ1n) is 1.89. The minimum atomic E-state index is 0. The van der Waals surface area contributed by atoms with Crippen molar-refractivity contribution >= 4 is 12.2 Å². The predicted molar refractivity (Wildman–Crippen MR) is 30.5 cm³/mol. The Hall–Kier alpha value is 0.936. The van der Waals surface area contributed by atoms with Gasteiger partial charge in [0.2, 0.25) is 0 Å².